The zero-order valence-corrected chi connectivity index (χ0v) is 14.5. The minimum atomic E-state index is -0.141. The maximum atomic E-state index is 12.3. The van der Waals surface area contributed by atoms with E-state index in [-0.39, 0.29) is 11.9 Å². The number of hydrogen-bond donors (Lipinski definition) is 2. The summed E-state index contributed by atoms with van der Waals surface area (Å²) in [6.07, 6.45) is 1.01. The molecule has 0 saturated carbocycles. The molecule has 7 heteroatoms. The summed E-state index contributed by atoms with van der Waals surface area (Å²) in [5.41, 5.74) is 6.42. The van der Waals surface area contributed by atoms with Crippen LogP contribution in [0.1, 0.15) is 37.6 Å². The molecule has 0 aromatic carbocycles. The topological polar surface area (TPSA) is 74.5 Å². The number of nitrogen functional groups attached to an aromatic ring is 1. The summed E-state index contributed by atoms with van der Waals surface area (Å²) in [6, 6.07) is 0.0750. The van der Waals surface area contributed by atoms with E-state index in [1.54, 1.807) is 0 Å². The lowest BCUT2D eigenvalue weighted by Crippen LogP contribution is -2.35. The zero-order valence-electron chi connectivity index (χ0n) is 13.6. The van der Waals surface area contributed by atoms with Gasteiger partial charge in [0.15, 0.2) is 5.82 Å². The first-order chi connectivity index (χ1) is 9.86. The number of hydrogen-bond acceptors (Lipinski definition) is 6. The highest BCUT2D eigenvalue weighted by atomic mass is 32.1. The van der Waals surface area contributed by atoms with Crippen molar-refractivity contribution in [3.63, 3.8) is 0 Å². The van der Waals surface area contributed by atoms with Crippen LogP contribution in [0, 0.1) is 0 Å². The Morgan fingerprint density at radius 1 is 1.33 bits per heavy atom. The lowest BCUT2D eigenvalue weighted by atomic mass is 10.2. The second-order valence-corrected chi connectivity index (χ2v) is 6.42. The predicted octanol–water partition coefficient (Wildman–Crippen LogP) is 1.64. The summed E-state index contributed by atoms with van der Waals surface area (Å²) in [5.74, 6) is 0.177. The average molecular weight is 313 g/mol. The maximum absolute atomic E-state index is 12.3. The van der Waals surface area contributed by atoms with Gasteiger partial charge in [-0.1, -0.05) is 6.92 Å². The van der Waals surface area contributed by atoms with Crippen LogP contribution >= 0.6 is 11.5 Å². The molecule has 1 aromatic heterocycles. The predicted molar refractivity (Wildman–Crippen MR) is 90.2 cm³/mol. The smallest absolute Gasteiger partial charge is 0.258 e. The lowest BCUT2D eigenvalue weighted by molar-refractivity contribution is 0.0944. The molecule has 0 spiro atoms. The second kappa shape index (κ2) is 8.19. The number of nitrogens with zero attached hydrogens (tertiary/aromatic N) is 3. The highest BCUT2D eigenvalue weighted by Crippen LogP contribution is 2.30. The molecule has 1 rings (SSSR count). The molecule has 3 N–H and O–H groups in total. The molecular weight excluding hydrogens is 286 g/mol. The molecule has 0 aliphatic carbocycles. The molecule has 0 radical (unpaired) electrons. The molecule has 0 fully saturated rings. The van der Waals surface area contributed by atoms with Crippen LogP contribution in [0.15, 0.2) is 0 Å². The van der Waals surface area contributed by atoms with Gasteiger partial charge in [-0.15, -0.1) is 0 Å². The molecule has 0 bridgehead atoms. The second-order valence-electron chi connectivity index (χ2n) is 5.67. The normalized spacial score (nSPS) is 11.2. The number of likely N-dealkylation sites (N-methyl/N-ethyl adjacent to an activating group) is 1. The van der Waals surface area contributed by atoms with Crippen LogP contribution in [-0.2, 0) is 0 Å². The standard InChI is InChI=1S/C14H27N5OS/c1-6-7-19(9-8-18(4)5)14-11(12(15)17-21-14)13(20)16-10(2)3/h10H,6-9H2,1-5H3,(H2,15,17)(H,16,20). The maximum Gasteiger partial charge on any atom is 0.258 e. The fraction of sp³-hybridized carbons (Fsp3) is 0.714. The van der Waals surface area contributed by atoms with Gasteiger partial charge in [0.1, 0.15) is 10.6 Å². The number of nitrogens with one attached hydrogen (secondary N) is 1. The quantitative estimate of drug-likeness (QED) is 0.763. The van der Waals surface area contributed by atoms with E-state index in [9.17, 15) is 4.79 Å². The van der Waals surface area contributed by atoms with Gasteiger partial charge in [-0.2, -0.15) is 4.37 Å². The van der Waals surface area contributed by atoms with E-state index in [2.05, 4.69) is 26.4 Å². The van der Waals surface area contributed by atoms with Crippen LogP contribution in [0.5, 0.6) is 0 Å². The number of amides is 1. The van der Waals surface area contributed by atoms with E-state index >= 15 is 0 Å². The van der Waals surface area contributed by atoms with Crippen LogP contribution in [0.3, 0.4) is 0 Å². The minimum Gasteiger partial charge on any atom is -0.382 e. The van der Waals surface area contributed by atoms with Gasteiger partial charge in [0.05, 0.1) is 0 Å². The highest BCUT2D eigenvalue weighted by molar-refractivity contribution is 7.11. The fourth-order valence-electron chi connectivity index (χ4n) is 1.96. The third-order valence-corrected chi connectivity index (χ3v) is 3.87. The zero-order chi connectivity index (χ0) is 16.0. The number of nitrogens with two attached hydrogens (primary N) is 1. The molecule has 0 atom stereocenters. The molecular formula is C14H27N5OS. The summed E-state index contributed by atoms with van der Waals surface area (Å²) in [6.45, 7) is 8.65. The number of aromatic nitrogens is 1. The Bertz CT molecular complexity index is 458. The van der Waals surface area contributed by atoms with Crippen molar-refractivity contribution < 1.29 is 4.79 Å². The Morgan fingerprint density at radius 3 is 2.52 bits per heavy atom. The van der Waals surface area contributed by atoms with Gasteiger partial charge in [-0.25, -0.2) is 0 Å². The molecule has 0 unspecified atom stereocenters. The van der Waals surface area contributed by atoms with Gasteiger partial charge >= 0.3 is 0 Å². The molecule has 1 heterocycles. The molecule has 1 amide bonds. The average Bonchev–Trinajstić information content (AvgIpc) is 2.75. The summed E-state index contributed by atoms with van der Waals surface area (Å²) < 4.78 is 4.18. The first-order valence-corrected chi connectivity index (χ1v) is 8.09. The van der Waals surface area contributed by atoms with E-state index in [1.165, 1.54) is 11.5 Å². The van der Waals surface area contributed by atoms with Crippen molar-refractivity contribution in [1.29, 1.82) is 0 Å². The van der Waals surface area contributed by atoms with E-state index in [4.69, 9.17) is 5.73 Å². The van der Waals surface area contributed by atoms with E-state index in [0.29, 0.717) is 11.4 Å². The minimum absolute atomic E-state index is 0.0750. The van der Waals surface area contributed by atoms with Crippen LogP contribution < -0.4 is 16.0 Å². The van der Waals surface area contributed by atoms with E-state index in [1.807, 2.05) is 27.9 Å². The molecule has 21 heavy (non-hydrogen) atoms. The summed E-state index contributed by atoms with van der Waals surface area (Å²) in [4.78, 5) is 16.7. The fourth-order valence-corrected chi connectivity index (χ4v) is 2.83. The molecule has 6 nitrogen and oxygen atoms in total. The van der Waals surface area contributed by atoms with Crippen molar-refractivity contribution in [2.24, 2.45) is 0 Å². The Kier molecular flexibility index (Phi) is 6.91. The van der Waals surface area contributed by atoms with Gasteiger partial charge in [0.2, 0.25) is 0 Å². The lowest BCUT2D eigenvalue weighted by Gasteiger charge is -2.25. The summed E-state index contributed by atoms with van der Waals surface area (Å²) >= 11 is 1.30. The van der Waals surface area contributed by atoms with Crippen molar-refractivity contribution in [1.82, 2.24) is 14.6 Å². The van der Waals surface area contributed by atoms with Crippen molar-refractivity contribution in [2.75, 3.05) is 44.4 Å². The molecule has 0 aliphatic rings. The number of anilines is 2. The Hall–Kier alpha value is -1.34. The highest BCUT2D eigenvalue weighted by Gasteiger charge is 2.23. The third kappa shape index (κ3) is 5.17. The van der Waals surface area contributed by atoms with Crippen LogP contribution in [0.2, 0.25) is 0 Å². The van der Waals surface area contributed by atoms with Crippen LogP contribution in [0.25, 0.3) is 0 Å². The first-order valence-electron chi connectivity index (χ1n) is 7.32. The largest absolute Gasteiger partial charge is 0.382 e. The SMILES string of the molecule is CCCN(CCN(C)C)c1snc(N)c1C(=O)NC(C)C. The number of carbonyl (C=O) groups excluding carboxylic acids is 1. The van der Waals surface area contributed by atoms with Crippen molar-refractivity contribution >= 4 is 28.3 Å². The van der Waals surface area contributed by atoms with Gasteiger partial charge in [-0.05, 0) is 45.9 Å². The molecule has 120 valence electrons. The monoisotopic (exact) mass is 313 g/mol. The molecule has 1 aromatic rings. The first kappa shape index (κ1) is 17.7. The molecule has 0 aliphatic heterocycles. The van der Waals surface area contributed by atoms with Gasteiger partial charge in [0, 0.05) is 25.7 Å². The van der Waals surface area contributed by atoms with E-state index in [0.717, 1.165) is 31.1 Å². The van der Waals surface area contributed by atoms with Crippen LogP contribution in [-0.4, -0.2) is 55.0 Å². The van der Waals surface area contributed by atoms with Crippen LogP contribution in [0.4, 0.5) is 10.8 Å². The number of rotatable bonds is 8. The van der Waals surface area contributed by atoms with Crippen molar-refractivity contribution in [2.45, 2.75) is 33.2 Å². The molecule has 0 saturated heterocycles. The number of carbonyl (C=O) groups is 1. The van der Waals surface area contributed by atoms with Gasteiger partial charge in [-0.3, -0.25) is 4.79 Å². The van der Waals surface area contributed by atoms with Gasteiger partial charge in [0.25, 0.3) is 5.91 Å². The summed E-state index contributed by atoms with van der Waals surface area (Å²) in [7, 11) is 4.08. The third-order valence-electron chi connectivity index (χ3n) is 2.95. The Balaban J connectivity index is 3.00. The summed E-state index contributed by atoms with van der Waals surface area (Å²) in [5, 5.41) is 3.77. The Labute approximate surface area is 131 Å². The Morgan fingerprint density at radius 2 is 2.00 bits per heavy atom. The van der Waals surface area contributed by atoms with Crippen molar-refractivity contribution in [3.8, 4) is 0 Å². The van der Waals surface area contributed by atoms with Crippen molar-refractivity contribution in [3.05, 3.63) is 5.56 Å². The van der Waals surface area contributed by atoms with Gasteiger partial charge < -0.3 is 20.9 Å². The van der Waals surface area contributed by atoms with E-state index < -0.39 is 0 Å².